The summed E-state index contributed by atoms with van der Waals surface area (Å²) in [6, 6.07) is -0.905. The van der Waals surface area contributed by atoms with E-state index in [1.54, 1.807) is 6.08 Å². The molecule has 8 heteroatoms. The van der Waals surface area contributed by atoms with Crippen LogP contribution in [0.4, 0.5) is 0 Å². The van der Waals surface area contributed by atoms with E-state index in [9.17, 15) is 14.5 Å². The Hall–Kier alpha value is -0.720. The minimum atomic E-state index is -4.71. The topological polar surface area (TPSA) is 116 Å². The van der Waals surface area contributed by atoms with Gasteiger partial charge in [0.25, 0.3) is 0 Å². The predicted molar refractivity (Wildman–Crippen MR) is 236 cm³/mol. The van der Waals surface area contributed by atoms with Crippen LogP contribution in [0.3, 0.4) is 0 Å². The number of rotatable bonds is 45. The van der Waals surface area contributed by atoms with Gasteiger partial charge in [-0.3, -0.25) is 9.32 Å². The van der Waals surface area contributed by atoms with Crippen molar-refractivity contribution in [3.63, 3.8) is 0 Å². The average molecular weight is 800 g/mol. The summed E-state index contributed by atoms with van der Waals surface area (Å²) in [7, 11) is -4.71. The first-order valence-electron chi connectivity index (χ1n) is 24.1. The van der Waals surface area contributed by atoms with Crippen LogP contribution in [-0.4, -0.2) is 39.6 Å². The number of phosphoric acid groups is 1. The molecule has 0 saturated carbocycles. The summed E-state index contributed by atoms with van der Waals surface area (Å²) in [6.07, 6.45) is 52.6. The van der Waals surface area contributed by atoms with Gasteiger partial charge >= 0.3 is 7.82 Å². The number of carbonyl (C=O) groups excluding carboxylic acids is 1. The number of nitrogens with one attached hydrogen (secondary N) is 1. The first-order chi connectivity index (χ1) is 26.8. The van der Waals surface area contributed by atoms with E-state index in [1.807, 2.05) is 6.08 Å². The number of aliphatic hydroxyl groups is 1. The van der Waals surface area contributed by atoms with Crippen molar-refractivity contribution in [2.75, 3.05) is 6.61 Å². The summed E-state index contributed by atoms with van der Waals surface area (Å²) in [4.78, 5) is 30.9. The van der Waals surface area contributed by atoms with Crippen LogP contribution in [0.5, 0.6) is 0 Å². The van der Waals surface area contributed by atoms with E-state index in [2.05, 4.69) is 23.7 Å². The number of hydrogen-bond donors (Lipinski definition) is 4. The molecule has 4 N–H and O–H groups in total. The van der Waals surface area contributed by atoms with Crippen LogP contribution >= 0.6 is 7.82 Å². The molecular formula is C47H94NO6P. The lowest BCUT2D eigenvalue weighted by Gasteiger charge is -2.22. The fourth-order valence-electron chi connectivity index (χ4n) is 7.58. The van der Waals surface area contributed by atoms with Crippen molar-refractivity contribution in [1.29, 1.82) is 0 Å². The third kappa shape index (κ3) is 44.2. The zero-order valence-electron chi connectivity index (χ0n) is 36.6. The van der Waals surface area contributed by atoms with Crippen molar-refractivity contribution in [3.8, 4) is 0 Å². The van der Waals surface area contributed by atoms with Gasteiger partial charge in [0.1, 0.15) is 0 Å². The highest BCUT2D eigenvalue weighted by atomic mass is 31.2. The van der Waals surface area contributed by atoms with Gasteiger partial charge in [0.05, 0.1) is 18.8 Å². The van der Waals surface area contributed by atoms with Gasteiger partial charge < -0.3 is 20.2 Å². The monoisotopic (exact) mass is 800 g/mol. The van der Waals surface area contributed by atoms with Gasteiger partial charge in [-0.15, -0.1) is 0 Å². The summed E-state index contributed by atoms with van der Waals surface area (Å²) < 4.78 is 15.9. The third-order valence-electron chi connectivity index (χ3n) is 11.2. The molecule has 7 nitrogen and oxygen atoms in total. The Morgan fingerprint density at radius 3 is 1.11 bits per heavy atom. The van der Waals surface area contributed by atoms with Crippen molar-refractivity contribution in [1.82, 2.24) is 5.32 Å². The van der Waals surface area contributed by atoms with E-state index in [-0.39, 0.29) is 5.91 Å². The molecule has 1 amide bonds. The van der Waals surface area contributed by atoms with Crippen LogP contribution < -0.4 is 5.32 Å². The molecule has 0 unspecified atom stereocenters. The van der Waals surface area contributed by atoms with Gasteiger partial charge in [-0.2, -0.15) is 0 Å². The van der Waals surface area contributed by atoms with Gasteiger partial charge in [0.2, 0.25) is 5.91 Å². The second-order valence-electron chi connectivity index (χ2n) is 16.8. The van der Waals surface area contributed by atoms with Crippen LogP contribution in [0.2, 0.25) is 0 Å². The zero-order chi connectivity index (χ0) is 40.3. The second kappa shape index (κ2) is 42.9. The van der Waals surface area contributed by atoms with E-state index in [0.29, 0.717) is 6.42 Å². The van der Waals surface area contributed by atoms with E-state index < -0.39 is 26.6 Å². The first kappa shape index (κ1) is 54.3. The lowest BCUT2D eigenvalue weighted by molar-refractivity contribution is -0.123. The van der Waals surface area contributed by atoms with Crippen molar-refractivity contribution >= 4 is 13.7 Å². The molecule has 0 aliphatic heterocycles. The number of hydrogen-bond acceptors (Lipinski definition) is 4. The molecule has 0 aromatic carbocycles. The highest BCUT2D eigenvalue weighted by Crippen LogP contribution is 2.36. The fraction of sp³-hybridized carbons (Fsp3) is 0.936. The smallest absolute Gasteiger partial charge is 0.387 e. The largest absolute Gasteiger partial charge is 0.469 e. The number of phosphoric ester groups is 1. The summed E-state index contributed by atoms with van der Waals surface area (Å²) in [5, 5.41) is 13.4. The maximum atomic E-state index is 12.6. The molecule has 2 atom stereocenters. The van der Waals surface area contributed by atoms with E-state index in [1.165, 1.54) is 205 Å². The lowest BCUT2D eigenvalue weighted by atomic mass is 10.0. The third-order valence-corrected chi connectivity index (χ3v) is 11.7. The molecule has 0 heterocycles. The highest BCUT2D eigenvalue weighted by molar-refractivity contribution is 7.46. The Morgan fingerprint density at radius 2 is 0.800 bits per heavy atom. The Morgan fingerprint density at radius 1 is 0.509 bits per heavy atom. The molecular weight excluding hydrogens is 705 g/mol. The maximum absolute atomic E-state index is 12.6. The fourth-order valence-corrected chi connectivity index (χ4v) is 7.93. The molecule has 0 aromatic rings. The molecule has 0 radical (unpaired) electrons. The molecule has 0 rings (SSSR count). The van der Waals surface area contributed by atoms with Gasteiger partial charge in [0.15, 0.2) is 0 Å². The first-order valence-corrected chi connectivity index (χ1v) is 25.7. The van der Waals surface area contributed by atoms with Crippen LogP contribution in [0.1, 0.15) is 264 Å². The number of aliphatic hydroxyl groups excluding tert-OH is 1. The van der Waals surface area contributed by atoms with Crippen LogP contribution in [-0.2, 0) is 13.9 Å². The van der Waals surface area contributed by atoms with Gasteiger partial charge in [0, 0.05) is 6.42 Å². The molecule has 0 fully saturated rings. The van der Waals surface area contributed by atoms with E-state index in [0.717, 1.165) is 38.5 Å². The number of carbonyl (C=O) groups is 1. The predicted octanol–water partition coefficient (Wildman–Crippen LogP) is 14.8. The quantitative estimate of drug-likeness (QED) is 0.0277. The number of unbranched alkanes of at least 4 members (excludes halogenated alkanes) is 36. The summed E-state index contributed by atoms with van der Waals surface area (Å²) in [6.45, 7) is 4.09. The van der Waals surface area contributed by atoms with Crippen LogP contribution in [0.25, 0.3) is 0 Å². The SMILES string of the molecule is CCCCCCCCCCCC/C=C/[C@@H](O)[C@H](COP(=O)(O)O)NC(=O)CCCCCCCCCCCCCCCCCCCCCCCCCCCCC. The van der Waals surface area contributed by atoms with Gasteiger partial charge in [-0.1, -0.05) is 251 Å². The maximum Gasteiger partial charge on any atom is 0.469 e. The minimum absolute atomic E-state index is 0.221. The van der Waals surface area contributed by atoms with Crippen molar-refractivity contribution in [3.05, 3.63) is 12.2 Å². The summed E-state index contributed by atoms with van der Waals surface area (Å²) in [5.74, 6) is -0.221. The molecule has 55 heavy (non-hydrogen) atoms. The Kier molecular flexibility index (Phi) is 42.3. The molecule has 0 aliphatic carbocycles. The van der Waals surface area contributed by atoms with Gasteiger partial charge in [-0.05, 0) is 19.3 Å². The highest BCUT2D eigenvalue weighted by Gasteiger charge is 2.24. The number of amides is 1. The Labute approximate surface area is 342 Å². The Bertz CT molecular complexity index is 864. The molecule has 0 aliphatic rings. The lowest BCUT2D eigenvalue weighted by Crippen LogP contribution is -2.45. The molecule has 0 aromatic heterocycles. The minimum Gasteiger partial charge on any atom is -0.387 e. The molecule has 0 bridgehead atoms. The van der Waals surface area contributed by atoms with E-state index >= 15 is 0 Å². The zero-order valence-corrected chi connectivity index (χ0v) is 37.5. The number of allylic oxidation sites excluding steroid dienone is 1. The van der Waals surface area contributed by atoms with Gasteiger partial charge in [-0.25, -0.2) is 4.57 Å². The standard InChI is InChI=1S/C47H94NO6P/c1-3-5-7-9-11-13-15-17-18-19-20-21-22-23-24-25-26-27-28-29-30-31-33-35-37-39-41-43-47(50)48-45(44-54-55(51,52)53)46(49)42-40-38-36-34-32-16-14-12-10-8-6-4-2/h40,42,45-46,49H,3-39,41,43-44H2,1-2H3,(H,48,50)(H2,51,52,53)/b42-40+/t45-,46+/m0/s1. The average Bonchev–Trinajstić information content (AvgIpc) is 3.16. The Balaban J connectivity index is 3.73. The molecule has 328 valence electrons. The van der Waals surface area contributed by atoms with Crippen molar-refractivity contribution < 1.29 is 28.8 Å². The summed E-state index contributed by atoms with van der Waals surface area (Å²) >= 11 is 0. The molecule has 0 spiro atoms. The van der Waals surface area contributed by atoms with E-state index in [4.69, 9.17) is 9.79 Å². The van der Waals surface area contributed by atoms with Crippen LogP contribution in [0.15, 0.2) is 12.2 Å². The second-order valence-corrected chi connectivity index (χ2v) is 18.0. The van der Waals surface area contributed by atoms with Crippen LogP contribution in [0, 0.1) is 0 Å². The van der Waals surface area contributed by atoms with Crippen molar-refractivity contribution in [2.24, 2.45) is 0 Å². The normalized spacial score (nSPS) is 13.2. The molecule has 0 saturated heterocycles. The van der Waals surface area contributed by atoms with Crippen molar-refractivity contribution in [2.45, 2.75) is 276 Å². The summed E-state index contributed by atoms with van der Waals surface area (Å²) in [5.41, 5.74) is 0.